The summed E-state index contributed by atoms with van der Waals surface area (Å²) in [4.78, 5) is 10.8. The quantitative estimate of drug-likeness (QED) is 0.449. The highest BCUT2D eigenvalue weighted by Gasteiger charge is 2.40. The SMILES string of the molecule is COC1C(=O)NC1COS(C)(=O)=O. The van der Waals surface area contributed by atoms with Crippen LogP contribution >= 0.6 is 0 Å². The lowest BCUT2D eigenvalue weighted by molar-refractivity contribution is -0.146. The summed E-state index contributed by atoms with van der Waals surface area (Å²) in [6, 6.07) is -0.368. The normalized spacial score (nSPS) is 28.0. The summed E-state index contributed by atoms with van der Waals surface area (Å²) in [7, 11) is -2.07. The van der Waals surface area contributed by atoms with Crippen LogP contribution in [0.1, 0.15) is 0 Å². The van der Waals surface area contributed by atoms with Crippen molar-refractivity contribution in [1.82, 2.24) is 5.32 Å². The fourth-order valence-electron chi connectivity index (χ4n) is 1.02. The van der Waals surface area contributed by atoms with Crippen molar-refractivity contribution in [1.29, 1.82) is 0 Å². The lowest BCUT2D eigenvalue weighted by Gasteiger charge is -2.34. The molecule has 6 nitrogen and oxygen atoms in total. The predicted octanol–water partition coefficient (Wildman–Crippen LogP) is -1.52. The summed E-state index contributed by atoms with van der Waals surface area (Å²) < 4.78 is 30.4. The van der Waals surface area contributed by atoms with Gasteiger partial charge in [0.25, 0.3) is 16.0 Å². The number of nitrogens with one attached hydrogen (secondary N) is 1. The Bertz CT molecular complexity index is 298. The standard InChI is InChI=1S/C6H11NO5S/c1-11-5-4(7-6(5)8)3-12-13(2,9)10/h4-5H,3H2,1-2H3,(H,7,8). The van der Waals surface area contributed by atoms with Gasteiger partial charge in [0.2, 0.25) is 0 Å². The van der Waals surface area contributed by atoms with Crippen LogP contribution in [0.25, 0.3) is 0 Å². The number of amides is 1. The summed E-state index contributed by atoms with van der Waals surface area (Å²) >= 11 is 0. The first kappa shape index (κ1) is 10.4. The molecule has 0 aromatic heterocycles. The Balaban J connectivity index is 2.36. The van der Waals surface area contributed by atoms with Crippen LogP contribution in [-0.2, 0) is 23.8 Å². The summed E-state index contributed by atoms with van der Waals surface area (Å²) in [6.07, 6.45) is 0.358. The average Bonchev–Trinajstić information content (AvgIpc) is 1.96. The van der Waals surface area contributed by atoms with Gasteiger partial charge in [-0.25, -0.2) is 0 Å². The van der Waals surface area contributed by atoms with Gasteiger partial charge >= 0.3 is 0 Å². The van der Waals surface area contributed by atoms with Crippen molar-refractivity contribution in [3.8, 4) is 0 Å². The Labute approximate surface area is 76.3 Å². The van der Waals surface area contributed by atoms with Gasteiger partial charge in [0.1, 0.15) is 0 Å². The second-order valence-electron chi connectivity index (χ2n) is 2.76. The largest absolute Gasteiger partial charge is 0.369 e. The van der Waals surface area contributed by atoms with E-state index in [4.69, 9.17) is 4.74 Å². The first-order chi connectivity index (χ1) is 5.94. The number of β-lactam (4-membered cyclic amide) rings is 1. The molecule has 1 N–H and O–H groups in total. The minimum atomic E-state index is -3.45. The molecular weight excluding hydrogens is 198 g/mol. The molecule has 1 rings (SSSR count). The van der Waals surface area contributed by atoms with Crippen LogP contribution in [0.15, 0.2) is 0 Å². The summed E-state index contributed by atoms with van der Waals surface area (Å²) in [5.74, 6) is -0.246. The molecule has 0 aromatic carbocycles. The molecule has 1 amide bonds. The van der Waals surface area contributed by atoms with E-state index >= 15 is 0 Å². The molecule has 2 unspecified atom stereocenters. The Hall–Kier alpha value is -0.660. The zero-order chi connectivity index (χ0) is 10.1. The van der Waals surface area contributed by atoms with Crippen molar-refractivity contribution in [3.05, 3.63) is 0 Å². The highest BCUT2D eigenvalue weighted by atomic mass is 32.2. The predicted molar refractivity (Wildman–Crippen MR) is 43.5 cm³/mol. The molecule has 1 saturated heterocycles. The molecule has 0 aromatic rings. The first-order valence-electron chi connectivity index (χ1n) is 3.61. The van der Waals surface area contributed by atoms with E-state index in [9.17, 15) is 13.2 Å². The maximum atomic E-state index is 10.8. The van der Waals surface area contributed by atoms with Gasteiger partial charge in [-0.1, -0.05) is 0 Å². The zero-order valence-corrected chi connectivity index (χ0v) is 8.13. The first-order valence-corrected chi connectivity index (χ1v) is 5.43. The van der Waals surface area contributed by atoms with Crippen molar-refractivity contribution in [2.75, 3.05) is 20.0 Å². The minimum Gasteiger partial charge on any atom is -0.369 e. The van der Waals surface area contributed by atoms with Gasteiger partial charge in [-0.05, 0) is 0 Å². The second-order valence-corrected chi connectivity index (χ2v) is 4.40. The van der Waals surface area contributed by atoms with Gasteiger partial charge in [0.15, 0.2) is 6.10 Å². The van der Waals surface area contributed by atoms with E-state index in [0.29, 0.717) is 0 Å². The summed E-state index contributed by atoms with van der Waals surface area (Å²) in [5, 5.41) is 2.46. The third kappa shape index (κ3) is 2.64. The van der Waals surface area contributed by atoms with Crippen LogP contribution in [0.3, 0.4) is 0 Å². The van der Waals surface area contributed by atoms with E-state index in [1.807, 2.05) is 0 Å². The molecule has 76 valence electrons. The molecule has 1 fully saturated rings. The Morgan fingerprint density at radius 2 is 2.15 bits per heavy atom. The topological polar surface area (TPSA) is 81.7 Å². The Morgan fingerprint density at radius 1 is 1.54 bits per heavy atom. The van der Waals surface area contributed by atoms with Gasteiger partial charge in [0, 0.05) is 7.11 Å². The number of methoxy groups -OCH3 is 1. The minimum absolute atomic E-state index is 0.0803. The van der Waals surface area contributed by atoms with Gasteiger partial charge in [0.05, 0.1) is 18.9 Å². The third-order valence-corrected chi connectivity index (χ3v) is 2.23. The molecule has 0 spiro atoms. The number of carbonyl (C=O) groups excluding carboxylic acids is 1. The molecule has 0 radical (unpaired) electrons. The molecule has 0 bridgehead atoms. The fourth-order valence-corrected chi connectivity index (χ4v) is 1.42. The number of hydrogen-bond donors (Lipinski definition) is 1. The van der Waals surface area contributed by atoms with Crippen LogP contribution in [0.5, 0.6) is 0 Å². The molecule has 1 heterocycles. The average molecular weight is 209 g/mol. The Morgan fingerprint density at radius 3 is 2.54 bits per heavy atom. The van der Waals surface area contributed by atoms with Crippen LogP contribution in [0.2, 0.25) is 0 Å². The summed E-state index contributed by atoms with van der Waals surface area (Å²) in [5.41, 5.74) is 0. The smallest absolute Gasteiger partial charge is 0.264 e. The van der Waals surface area contributed by atoms with Gasteiger partial charge in [-0.15, -0.1) is 0 Å². The molecule has 2 atom stereocenters. The van der Waals surface area contributed by atoms with Gasteiger partial charge in [-0.2, -0.15) is 8.42 Å². The van der Waals surface area contributed by atoms with Crippen molar-refractivity contribution in [2.45, 2.75) is 12.1 Å². The van der Waals surface area contributed by atoms with Crippen molar-refractivity contribution in [3.63, 3.8) is 0 Å². The lowest BCUT2D eigenvalue weighted by atomic mass is 10.0. The molecular formula is C6H11NO5S. The van der Waals surface area contributed by atoms with Crippen LogP contribution in [0, 0.1) is 0 Å². The molecule has 1 aliphatic heterocycles. The van der Waals surface area contributed by atoms with Crippen LogP contribution in [0.4, 0.5) is 0 Å². The number of hydrogen-bond acceptors (Lipinski definition) is 5. The van der Waals surface area contributed by atoms with E-state index < -0.39 is 16.2 Å². The maximum absolute atomic E-state index is 10.8. The van der Waals surface area contributed by atoms with Gasteiger partial charge in [-0.3, -0.25) is 8.98 Å². The number of carbonyl (C=O) groups is 1. The molecule has 7 heteroatoms. The second kappa shape index (κ2) is 3.60. The zero-order valence-electron chi connectivity index (χ0n) is 7.31. The van der Waals surface area contributed by atoms with E-state index in [1.165, 1.54) is 7.11 Å². The fraction of sp³-hybridized carbons (Fsp3) is 0.833. The monoisotopic (exact) mass is 209 g/mol. The highest BCUT2D eigenvalue weighted by Crippen LogP contribution is 2.10. The highest BCUT2D eigenvalue weighted by molar-refractivity contribution is 7.85. The molecule has 0 aliphatic carbocycles. The summed E-state index contributed by atoms with van der Waals surface area (Å²) in [6.45, 7) is -0.0803. The van der Waals surface area contributed by atoms with Crippen molar-refractivity contribution < 1.29 is 22.1 Å². The van der Waals surface area contributed by atoms with Crippen LogP contribution in [-0.4, -0.2) is 46.4 Å². The molecule has 1 aliphatic rings. The maximum Gasteiger partial charge on any atom is 0.264 e. The van der Waals surface area contributed by atoms with Crippen molar-refractivity contribution in [2.24, 2.45) is 0 Å². The van der Waals surface area contributed by atoms with E-state index in [2.05, 4.69) is 9.50 Å². The molecule has 0 saturated carbocycles. The van der Waals surface area contributed by atoms with Crippen LogP contribution < -0.4 is 5.32 Å². The number of rotatable bonds is 4. The van der Waals surface area contributed by atoms with Gasteiger partial charge < -0.3 is 10.1 Å². The Kier molecular flexibility index (Phi) is 2.89. The van der Waals surface area contributed by atoms with E-state index in [1.54, 1.807) is 0 Å². The lowest BCUT2D eigenvalue weighted by Crippen LogP contribution is -2.65. The molecule has 13 heavy (non-hydrogen) atoms. The number of ether oxygens (including phenoxy) is 1. The van der Waals surface area contributed by atoms with E-state index in [0.717, 1.165) is 6.26 Å². The van der Waals surface area contributed by atoms with Crippen molar-refractivity contribution >= 4 is 16.0 Å². The third-order valence-electron chi connectivity index (χ3n) is 1.67. The van der Waals surface area contributed by atoms with E-state index in [-0.39, 0.29) is 18.6 Å².